The van der Waals surface area contributed by atoms with Crippen LogP contribution in [0.15, 0.2) is 17.5 Å². The van der Waals surface area contributed by atoms with Crippen LogP contribution < -0.4 is 5.32 Å². The van der Waals surface area contributed by atoms with Crippen LogP contribution in [0.3, 0.4) is 0 Å². The Bertz CT molecular complexity index is 393. The van der Waals surface area contributed by atoms with Crippen LogP contribution in [0, 0.1) is 23.2 Å². The summed E-state index contributed by atoms with van der Waals surface area (Å²) in [5.74, 6) is 1.39. The zero-order chi connectivity index (χ0) is 12.3. The van der Waals surface area contributed by atoms with E-state index in [1.165, 1.54) is 4.88 Å². The highest BCUT2D eigenvalue weighted by atomic mass is 32.1. The van der Waals surface area contributed by atoms with Gasteiger partial charge in [0, 0.05) is 11.4 Å². The summed E-state index contributed by atoms with van der Waals surface area (Å²) in [5.41, 5.74) is -0.296. The molecule has 1 aromatic heterocycles. The van der Waals surface area contributed by atoms with Gasteiger partial charge in [0.2, 0.25) is 0 Å². The zero-order valence-corrected chi connectivity index (χ0v) is 11.4. The molecule has 1 fully saturated rings. The van der Waals surface area contributed by atoms with E-state index in [4.69, 9.17) is 0 Å². The maximum atomic E-state index is 9.47. The van der Waals surface area contributed by atoms with Gasteiger partial charge in [-0.2, -0.15) is 5.26 Å². The minimum atomic E-state index is -0.296. The van der Waals surface area contributed by atoms with E-state index in [-0.39, 0.29) is 5.54 Å². The molecule has 1 aromatic rings. The van der Waals surface area contributed by atoms with Crippen LogP contribution in [0.1, 0.15) is 38.0 Å². The Morgan fingerprint density at radius 2 is 2.35 bits per heavy atom. The van der Waals surface area contributed by atoms with Crippen molar-refractivity contribution in [2.45, 2.75) is 45.2 Å². The van der Waals surface area contributed by atoms with Gasteiger partial charge < -0.3 is 0 Å². The number of hydrogen-bond acceptors (Lipinski definition) is 3. The number of rotatable bonds is 3. The Morgan fingerprint density at radius 1 is 1.53 bits per heavy atom. The fraction of sp³-hybridized carbons (Fsp3) is 0.643. The Hall–Kier alpha value is -0.850. The van der Waals surface area contributed by atoms with Crippen molar-refractivity contribution >= 4 is 11.3 Å². The summed E-state index contributed by atoms with van der Waals surface area (Å²) in [5, 5.41) is 15.0. The molecular formula is C14H20N2S. The lowest BCUT2D eigenvalue weighted by Crippen LogP contribution is -2.48. The van der Waals surface area contributed by atoms with Crippen LogP contribution in [-0.2, 0) is 6.54 Å². The molecule has 0 aromatic carbocycles. The first-order valence-corrected chi connectivity index (χ1v) is 7.22. The maximum Gasteiger partial charge on any atom is 0.107 e. The van der Waals surface area contributed by atoms with E-state index in [1.54, 1.807) is 11.3 Å². The lowest BCUT2D eigenvalue weighted by molar-refractivity contribution is 0.181. The largest absolute Gasteiger partial charge is 0.294 e. The average Bonchev–Trinajstić information content (AvgIpc) is 2.84. The van der Waals surface area contributed by atoms with Gasteiger partial charge in [-0.3, -0.25) is 5.32 Å². The van der Waals surface area contributed by atoms with Crippen LogP contribution >= 0.6 is 11.3 Å². The molecule has 3 atom stereocenters. The Kier molecular flexibility index (Phi) is 3.86. The first kappa shape index (κ1) is 12.6. The van der Waals surface area contributed by atoms with Crippen LogP contribution in [0.5, 0.6) is 0 Å². The second-order valence-electron chi connectivity index (χ2n) is 5.32. The Balaban J connectivity index is 1.98. The third kappa shape index (κ3) is 2.88. The van der Waals surface area contributed by atoms with Gasteiger partial charge >= 0.3 is 0 Å². The van der Waals surface area contributed by atoms with Crippen molar-refractivity contribution < 1.29 is 0 Å². The number of nitrogens with zero attached hydrogens (tertiary/aromatic N) is 1. The van der Waals surface area contributed by atoms with Crippen LogP contribution in [0.25, 0.3) is 0 Å². The molecule has 2 rings (SSSR count). The molecule has 0 spiro atoms. The van der Waals surface area contributed by atoms with Crippen molar-refractivity contribution in [3.63, 3.8) is 0 Å². The molecule has 92 valence electrons. The molecule has 0 amide bonds. The molecule has 1 heterocycles. The molecule has 1 aliphatic rings. The standard InChI is InChI=1S/C14H20N2S/c1-11-5-6-14(10-15,8-12(11)2)16-9-13-4-3-7-17-13/h3-4,7,11-12,16H,5-6,8-9H2,1-2H3. The quantitative estimate of drug-likeness (QED) is 0.888. The third-order valence-electron chi connectivity index (χ3n) is 4.06. The first-order valence-electron chi connectivity index (χ1n) is 6.34. The number of nitrogens with one attached hydrogen (secondary N) is 1. The van der Waals surface area contributed by atoms with Gasteiger partial charge in [0.1, 0.15) is 5.54 Å². The first-order chi connectivity index (χ1) is 8.15. The van der Waals surface area contributed by atoms with Gasteiger partial charge in [0.25, 0.3) is 0 Å². The molecular weight excluding hydrogens is 228 g/mol. The van der Waals surface area contributed by atoms with E-state index in [2.05, 4.69) is 42.7 Å². The van der Waals surface area contributed by atoms with Crippen LogP contribution in [-0.4, -0.2) is 5.54 Å². The summed E-state index contributed by atoms with van der Waals surface area (Å²) in [6.07, 6.45) is 3.13. The number of thiophene rings is 1. The normalized spacial score (nSPS) is 33.2. The van der Waals surface area contributed by atoms with E-state index in [9.17, 15) is 5.26 Å². The van der Waals surface area contributed by atoms with Gasteiger partial charge in [-0.25, -0.2) is 0 Å². The third-order valence-corrected chi connectivity index (χ3v) is 4.94. The number of nitriles is 1. The van der Waals surface area contributed by atoms with Crippen molar-refractivity contribution in [3.8, 4) is 6.07 Å². The topological polar surface area (TPSA) is 35.8 Å². The molecule has 0 radical (unpaired) electrons. The molecule has 1 N–H and O–H groups in total. The van der Waals surface area contributed by atoms with Crippen molar-refractivity contribution in [2.75, 3.05) is 0 Å². The van der Waals surface area contributed by atoms with Gasteiger partial charge in [-0.15, -0.1) is 11.3 Å². The molecule has 3 unspecified atom stereocenters. The van der Waals surface area contributed by atoms with Crippen molar-refractivity contribution in [1.29, 1.82) is 5.26 Å². The van der Waals surface area contributed by atoms with Crippen LogP contribution in [0.4, 0.5) is 0 Å². The highest BCUT2D eigenvalue weighted by Crippen LogP contribution is 2.36. The highest BCUT2D eigenvalue weighted by molar-refractivity contribution is 7.09. The summed E-state index contributed by atoms with van der Waals surface area (Å²) in [4.78, 5) is 1.31. The van der Waals surface area contributed by atoms with E-state index < -0.39 is 0 Å². The van der Waals surface area contributed by atoms with Gasteiger partial charge in [0.15, 0.2) is 0 Å². The van der Waals surface area contributed by atoms with Crippen LogP contribution in [0.2, 0.25) is 0 Å². The smallest absolute Gasteiger partial charge is 0.107 e. The van der Waals surface area contributed by atoms with Gasteiger partial charge in [0.05, 0.1) is 6.07 Å². The monoisotopic (exact) mass is 248 g/mol. The van der Waals surface area contributed by atoms with Gasteiger partial charge in [-0.05, 0) is 42.5 Å². The zero-order valence-electron chi connectivity index (χ0n) is 10.6. The average molecular weight is 248 g/mol. The van der Waals surface area contributed by atoms with Gasteiger partial charge in [-0.1, -0.05) is 19.9 Å². The minimum absolute atomic E-state index is 0.296. The minimum Gasteiger partial charge on any atom is -0.294 e. The van der Waals surface area contributed by atoms with E-state index in [1.807, 2.05) is 0 Å². The van der Waals surface area contributed by atoms with Crippen molar-refractivity contribution in [2.24, 2.45) is 11.8 Å². The summed E-state index contributed by atoms with van der Waals surface area (Å²) in [6, 6.07) is 6.71. The maximum absolute atomic E-state index is 9.47. The second kappa shape index (κ2) is 5.20. The molecule has 3 heteroatoms. The lowest BCUT2D eigenvalue weighted by atomic mass is 9.72. The lowest BCUT2D eigenvalue weighted by Gasteiger charge is -2.38. The summed E-state index contributed by atoms with van der Waals surface area (Å²) in [7, 11) is 0. The Morgan fingerprint density at radius 3 is 2.94 bits per heavy atom. The molecule has 1 aliphatic carbocycles. The van der Waals surface area contributed by atoms with Crippen molar-refractivity contribution in [3.05, 3.63) is 22.4 Å². The predicted molar refractivity (Wildman–Crippen MR) is 71.7 cm³/mol. The molecule has 0 aliphatic heterocycles. The molecule has 1 saturated carbocycles. The molecule has 17 heavy (non-hydrogen) atoms. The highest BCUT2D eigenvalue weighted by Gasteiger charge is 2.37. The molecule has 0 bridgehead atoms. The van der Waals surface area contributed by atoms with E-state index >= 15 is 0 Å². The molecule has 0 saturated heterocycles. The number of hydrogen-bond donors (Lipinski definition) is 1. The fourth-order valence-corrected chi connectivity index (χ4v) is 3.23. The van der Waals surface area contributed by atoms with Crippen molar-refractivity contribution in [1.82, 2.24) is 5.32 Å². The Labute approximate surface area is 108 Å². The SMILES string of the molecule is CC1CCC(C#N)(NCc2cccs2)CC1C. The fourth-order valence-electron chi connectivity index (χ4n) is 2.58. The molecule has 2 nitrogen and oxygen atoms in total. The van der Waals surface area contributed by atoms with E-state index in [0.29, 0.717) is 5.92 Å². The summed E-state index contributed by atoms with van der Waals surface area (Å²) in [6.45, 7) is 5.39. The second-order valence-corrected chi connectivity index (χ2v) is 6.36. The predicted octanol–water partition coefficient (Wildman–Crippen LogP) is 3.56. The summed E-state index contributed by atoms with van der Waals surface area (Å²) >= 11 is 1.75. The van der Waals surface area contributed by atoms with E-state index in [0.717, 1.165) is 31.7 Å². The summed E-state index contributed by atoms with van der Waals surface area (Å²) < 4.78 is 0.